The van der Waals surface area contributed by atoms with Gasteiger partial charge in [-0.15, -0.1) is 0 Å². The molecule has 2 aromatic rings. The number of ether oxygens (including phenoxy) is 1. The first-order chi connectivity index (χ1) is 12.5. The van der Waals surface area contributed by atoms with Crippen molar-refractivity contribution in [1.82, 2.24) is 9.78 Å². The summed E-state index contributed by atoms with van der Waals surface area (Å²) >= 11 is 12.5. The maximum Gasteiger partial charge on any atom is 0.292 e. The minimum absolute atomic E-state index is 0.145. The molecule has 4 rings (SSSR count). The second-order valence-electron chi connectivity index (χ2n) is 7.13. The van der Waals surface area contributed by atoms with Crippen LogP contribution in [0.2, 0.25) is 10.0 Å². The van der Waals surface area contributed by atoms with Gasteiger partial charge in [0.1, 0.15) is 5.02 Å². The van der Waals surface area contributed by atoms with Crippen molar-refractivity contribution in [1.29, 1.82) is 0 Å². The van der Waals surface area contributed by atoms with Gasteiger partial charge in [0.2, 0.25) is 0 Å². The van der Waals surface area contributed by atoms with Gasteiger partial charge in [0.05, 0.1) is 23.7 Å². The molecule has 2 atom stereocenters. The SMILES string of the molecule is Cc1ccc(-n2ncc(NC3CCOC(C4CC4)C3)c(Cl)c2=O)cc1Cl. The molecule has 2 fully saturated rings. The van der Waals surface area contributed by atoms with Crippen LogP contribution >= 0.6 is 23.2 Å². The van der Waals surface area contributed by atoms with Crippen molar-refractivity contribution in [2.24, 2.45) is 5.92 Å². The van der Waals surface area contributed by atoms with Gasteiger partial charge in [-0.3, -0.25) is 4.79 Å². The highest BCUT2D eigenvalue weighted by molar-refractivity contribution is 6.33. The summed E-state index contributed by atoms with van der Waals surface area (Å²) < 4.78 is 7.13. The molecule has 0 radical (unpaired) electrons. The molecular formula is C19H21Cl2N3O2. The van der Waals surface area contributed by atoms with Gasteiger partial charge in [-0.05, 0) is 56.2 Å². The Kier molecular flexibility index (Phi) is 4.95. The van der Waals surface area contributed by atoms with E-state index in [0.29, 0.717) is 28.4 Å². The van der Waals surface area contributed by atoms with Gasteiger partial charge in [-0.1, -0.05) is 29.3 Å². The van der Waals surface area contributed by atoms with Gasteiger partial charge in [-0.2, -0.15) is 9.78 Å². The third-order valence-electron chi connectivity index (χ3n) is 5.14. The highest BCUT2D eigenvalue weighted by Gasteiger charge is 2.36. The second-order valence-corrected chi connectivity index (χ2v) is 7.92. The molecule has 7 heteroatoms. The van der Waals surface area contributed by atoms with Crippen LogP contribution in [-0.2, 0) is 4.74 Å². The van der Waals surface area contributed by atoms with Crippen molar-refractivity contribution >= 4 is 28.9 Å². The number of nitrogens with one attached hydrogen (secondary N) is 1. The Morgan fingerprint density at radius 1 is 1.27 bits per heavy atom. The molecule has 1 aliphatic heterocycles. The Bertz CT molecular complexity index is 880. The normalized spacial score (nSPS) is 23.0. The smallest absolute Gasteiger partial charge is 0.292 e. The van der Waals surface area contributed by atoms with Gasteiger partial charge >= 0.3 is 0 Å². The van der Waals surface area contributed by atoms with E-state index in [2.05, 4.69) is 10.4 Å². The van der Waals surface area contributed by atoms with Crippen LogP contribution in [0.3, 0.4) is 0 Å². The molecule has 2 aliphatic rings. The maximum atomic E-state index is 12.7. The van der Waals surface area contributed by atoms with E-state index in [-0.39, 0.29) is 16.6 Å². The summed E-state index contributed by atoms with van der Waals surface area (Å²) in [5, 5.41) is 8.40. The number of anilines is 1. The fourth-order valence-corrected chi connectivity index (χ4v) is 3.76. The predicted octanol–water partition coefficient (Wildman–Crippen LogP) is 4.22. The van der Waals surface area contributed by atoms with E-state index in [9.17, 15) is 4.79 Å². The van der Waals surface area contributed by atoms with E-state index in [1.54, 1.807) is 18.3 Å². The zero-order chi connectivity index (χ0) is 18.3. The molecule has 0 amide bonds. The first-order valence-electron chi connectivity index (χ1n) is 8.95. The Balaban J connectivity index is 1.55. The summed E-state index contributed by atoms with van der Waals surface area (Å²) in [4.78, 5) is 12.7. The average molecular weight is 394 g/mol. The topological polar surface area (TPSA) is 56.1 Å². The highest BCUT2D eigenvalue weighted by Crippen LogP contribution is 2.38. The predicted molar refractivity (Wildman–Crippen MR) is 104 cm³/mol. The molecule has 2 unspecified atom stereocenters. The van der Waals surface area contributed by atoms with Crippen LogP contribution in [0.1, 0.15) is 31.2 Å². The van der Waals surface area contributed by atoms with Gasteiger partial charge in [0, 0.05) is 17.7 Å². The number of aromatic nitrogens is 2. The number of rotatable bonds is 4. The van der Waals surface area contributed by atoms with Gasteiger partial charge in [-0.25, -0.2) is 0 Å². The number of halogens is 2. The Labute approximate surface area is 162 Å². The van der Waals surface area contributed by atoms with E-state index in [1.165, 1.54) is 17.5 Å². The standard InChI is InChI=1S/C19H21Cl2N3O2/c1-11-2-5-14(9-15(11)20)24-19(25)18(21)16(10-22-24)23-13-6-7-26-17(8-13)12-3-4-12/h2,5,9-10,12-13,17,23H,3-4,6-8H2,1H3. The van der Waals surface area contributed by atoms with Gasteiger partial charge in [0.25, 0.3) is 5.56 Å². The highest BCUT2D eigenvalue weighted by atomic mass is 35.5. The van der Waals surface area contributed by atoms with Crippen molar-refractivity contribution in [3.05, 3.63) is 50.4 Å². The number of aryl methyl sites for hydroxylation is 1. The van der Waals surface area contributed by atoms with Crippen molar-refractivity contribution in [3.63, 3.8) is 0 Å². The first-order valence-corrected chi connectivity index (χ1v) is 9.71. The molecule has 26 heavy (non-hydrogen) atoms. The average Bonchev–Trinajstić information content (AvgIpc) is 3.47. The summed E-state index contributed by atoms with van der Waals surface area (Å²) in [7, 11) is 0. The fraction of sp³-hybridized carbons (Fsp3) is 0.474. The van der Waals surface area contributed by atoms with Crippen LogP contribution in [0.4, 0.5) is 5.69 Å². The van der Waals surface area contributed by atoms with Crippen molar-refractivity contribution in [2.75, 3.05) is 11.9 Å². The molecule has 1 aliphatic carbocycles. The first kappa shape index (κ1) is 17.8. The number of nitrogens with zero attached hydrogens (tertiary/aromatic N) is 2. The molecule has 1 saturated heterocycles. The molecule has 2 heterocycles. The maximum absolute atomic E-state index is 12.7. The van der Waals surface area contributed by atoms with E-state index < -0.39 is 0 Å². The number of benzene rings is 1. The molecule has 0 bridgehead atoms. The summed E-state index contributed by atoms with van der Waals surface area (Å²) in [6.45, 7) is 2.65. The van der Waals surface area contributed by atoms with Gasteiger partial charge in [0.15, 0.2) is 0 Å². The Morgan fingerprint density at radius 2 is 2.08 bits per heavy atom. The fourth-order valence-electron chi connectivity index (χ4n) is 3.41. The summed E-state index contributed by atoms with van der Waals surface area (Å²) in [5.74, 6) is 0.701. The molecule has 1 aromatic heterocycles. The number of hydrogen-bond acceptors (Lipinski definition) is 4. The molecule has 0 spiro atoms. The zero-order valence-electron chi connectivity index (χ0n) is 14.5. The largest absolute Gasteiger partial charge is 0.379 e. The lowest BCUT2D eigenvalue weighted by Crippen LogP contribution is -2.35. The molecule has 5 nitrogen and oxygen atoms in total. The minimum atomic E-state index is -0.359. The second kappa shape index (κ2) is 7.22. The van der Waals surface area contributed by atoms with E-state index in [0.717, 1.165) is 25.0 Å². The number of hydrogen-bond donors (Lipinski definition) is 1. The third kappa shape index (κ3) is 3.61. The molecule has 138 valence electrons. The van der Waals surface area contributed by atoms with Crippen LogP contribution in [0.25, 0.3) is 5.69 Å². The van der Waals surface area contributed by atoms with Gasteiger partial charge < -0.3 is 10.1 Å². The third-order valence-corrected chi connectivity index (χ3v) is 5.91. The summed E-state index contributed by atoms with van der Waals surface area (Å²) in [5.41, 5.74) is 1.76. The lowest BCUT2D eigenvalue weighted by atomic mass is 10.00. The van der Waals surface area contributed by atoms with Crippen LogP contribution in [0.5, 0.6) is 0 Å². The van der Waals surface area contributed by atoms with Crippen LogP contribution < -0.4 is 10.9 Å². The molecule has 1 N–H and O–H groups in total. The summed E-state index contributed by atoms with van der Waals surface area (Å²) in [6, 6.07) is 5.62. The lowest BCUT2D eigenvalue weighted by molar-refractivity contribution is -0.00219. The minimum Gasteiger partial charge on any atom is -0.379 e. The van der Waals surface area contributed by atoms with Crippen LogP contribution in [0, 0.1) is 12.8 Å². The Morgan fingerprint density at radius 3 is 2.81 bits per heavy atom. The van der Waals surface area contributed by atoms with Crippen molar-refractivity contribution in [2.45, 2.75) is 44.8 Å². The molecular weight excluding hydrogens is 373 g/mol. The van der Waals surface area contributed by atoms with Crippen LogP contribution in [0.15, 0.2) is 29.2 Å². The molecule has 1 saturated carbocycles. The van der Waals surface area contributed by atoms with E-state index >= 15 is 0 Å². The molecule has 1 aromatic carbocycles. The zero-order valence-corrected chi connectivity index (χ0v) is 16.1. The summed E-state index contributed by atoms with van der Waals surface area (Å²) in [6.07, 6.45) is 6.29. The quantitative estimate of drug-likeness (QED) is 0.844. The van der Waals surface area contributed by atoms with Crippen molar-refractivity contribution in [3.8, 4) is 5.69 Å². The Hall–Kier alpha value is -1.56. The lowest BCUT2D eigenvalue weighted by Gasteiger charge is -2.31. The van der Waals surface area contributed by atoms with E-state index in [1.807, 2.05) is 13.0 Å². The van der Waals surface area contributed by atoms with Crippen LogP contribution in [-0.4, -0.2) is 28.5 Å². The monoisotopic (exact) mass is 393 g/mol. The van der Waals surface area contributed by atoms with Crippen molar-refractivity contribution < 1.29 is 4.74 Å². The van der Waals surface area contributed by atoms with E-state index in [4.69, 9.17) is 27.9 Å².